The minimum absolute atomic E-state index is 1.13. The van der Waals surface area contributed by atoms with Crippen LogP contribution in [0.1, 0.15) is 35.8 Å². The molecule has 0 radical (unpaired) electrons. The Balaban J connectivity index is 2.10. The van der Waals surface area contributed by atoms with E-state index in [2.05, 4.69) is 55.3 Å². The van der Waals surface area contributed by atoms with Crippen molar-refractivity contribution in [3.05, 3.63) is 64.4 Å². The Hall–Kier alpha value is -1.34. The molecule has 2 rings (SSSR count). The summed E-state index contributed by atoms with van der Waals surface area (Å²) < 4.78 is 0. The zero-order chi connectivity index (χ0) is 12.1. The molecule has 0 saturated heterocycles. The summed E-state index contributed by atoms with van der Waals surface area (Å²) in [6, 6.07) is 13.0. The van der Waals surface area contributed by atoms with Crippen molar-refractivity contribution in [1.82, 2.24) is 0 Å². The molecule has 0 aliphatic heterocycles. The second-order valence-electron chi connectivity index (χ2n) is 4.26. The van der Waals surface area contributed by atoms with Crippen molar-refractivity contribution in [2.75, 3.05) is 0 Å². The lowest BCUT2D eigenvalue weighted by Gasteiger charge is -2.05. The molecule has 1 heteroatoms. The number of hydrogen-bond donors (Lipinski definition) is 0. The Bertz CT molecular complexity index is 463. The molecule has 0 atom stereocenters. The van der Waals surface area contributed by atoms with Crippen LogP contribution in [0.3, 0.4) is 0 Å². The molecule has 0 aliphatic carbocycles. The summed E-state index contributed by atoms with van der Waals surface area (Å²) in [6.07, 6.45) is 3.71. The molecule has 0 fully saturated rings. The monoisotopic (exact) mass is 242 g/mol. The summed E-state index contributed by atoms with van der Waals surface area (Å²) >= 11 is 1.74. The minimum atomic E-state index is 1.13. The average Bonchev–Trinajstić information content (AvgIpc) is 2.90. The predicted molar refractivity (Wildman–Crippen MR) is 77.5 cm³/mol. The highest BCUT2D eigenvalue weighted by atomic mass is 32.1. The van der Waals surface area contributed by atoms with E-state index in [1.165, 1.54) is 35.3 Å². The molecule has 17 heavy (non-hydrogen) atoms. The van der Waals surface area contributed by atoms with E-state index in [0.29, 0.717) is 0 Å². The topological polar surface area (TPSA) is 0 Å². The van der Waals surface area contributed by atoms with E-state index in [-0.39, 0.29) is 0 Å². The SMILES string of the molecule is C=C(c1ccc(CCCC)cc1)c1cccs1. The molecule has 0 bridgehead atoms. The van der Waals surface area contributed by atoms with E-state index >= 15 is 0 Å². The van der Waals surface area contributed by atoms with Gasteiger partial charge in [0.15, 0.2) is 0 Å². The van der Waals surface area contributed by atoms with Gasteiger partial charge in [0.25, 0.3) is 0 Å². The van der Waals surface area contributed by atoms with Crippen molar-refractivity contribution in [3.63, 3.8) is 0 Å². The molecule has 1 heterocycles. The molecule has 2 aromatic rings. The number of benzene rings is 1. The standard InChI is InChI=1S/C16H18S/c1-3-4-6-14-8-10-15(11-9-14)13(2)16-7-5-12-17-16/h5,7-12H,2-4,6H2,1H3. The summed E-state index contributed by atoms with van der Waals surface area (Å²) in [5.41, 5.74) is 3.78. The van der Waals surface area contributed by atoms with Crippen LogP contribution in [-0.4, -0.2) is 0 Å². The van der Waals surface area contributed by atoms with Crippen LogP contribution in [0, 0.1) is 0 Å². The van der Waals surface area contributed by atoms with Gasteiger partial charge in [-0.15, -0.1) is 11.3 Å². The zero-order valence-electron chi connectivity index (χ0n) is 10.3. The quantitative estimate of drug-likeness (QED) is 0.680. The van der Waals surface area contributed by atoms with Gasteiger partial charge in [-0.2, -0.15) is 0 Å². The Kier molecular flexibility index (Phi) is 4.16. The van der Waals surface area contributed by atoms with Gasteiger partial charge in [0.05, 0.1) is 0 Å². The van der Waals surface area contributed by atoms with Gasteiger partial charge < -0.3 is 0 Å². The zero-order valence-corrected chi connectivity index (χ0v) is 11.1. The third-order valence-electron chi connectivity index (χ3n) is 2.94. The van der Waals surface area contributed by atoms with Crippen molar-refractivity contribution in [3.8, 4) is 0 Å². The molecule has 0 aliphatic rings. The fourth-order valence-electron chi connectivity index (χ4n) is 1.85. The van der Waals surface area contributed by atoms with E-state index in [4.69, 9.17) is 0 Å². The van der Waals surface area contributed by atoms with Gasteiger partial charge in [0.1, 0.15) is 0 Å². The third kappa shape index (κ3) is 3.07. The smallest absolute Gasteiger partial charge is 0.0342 e. The second-order valence-corrected chi connectivity index (χ2v) is 5.20. The van der Waals surface area contributed by atoms with Crippen molar-refractivity contribution in [2.24, 2.45) is 0 Å². The molecular formula is C16H18S. The first-order chi connectivity index (χ1) is 8.31. The van der Waals surface area contributed by atoms with E-state index in [1.54, 1.807) is 11.3 Å². The maximum Gasteiger partial charge on any atom is 0.0342 e. The van der Waals surface area contributed by atoms with Crippen LogP contribution in [-0.2, 0) is 6.42 Å². The fraction of sp³-hybridized carbons (Fsp3) is 0.250. The van der Waals surface area contributed by atoms with Crippen molar-refractivity contribution in [1.29, 1.82) is 0 Å². The molecule has 0 unspecified atom stereocenters. The normalized spacial score (nSPS) is 10.4. The van der Waals surface area contributed by atoms with Crippen LogP contribution in [0.4, 0.5) is 0 Å². The van der Waals surface area contributed by atoms with Crippen LogP contribution in [0.25, 0.3) is 5.57 Å². The molecule has 1 aromatic heterocycles. The Labute approximate surface area is 108 Å². The summed E-state index contributed by atoms with van der Waals surface area (Å²) in [5, 5.41) is 2.09. The summed E-state index contributed by atoms with van der Waals surface area (Å²) in [4.78, 5) is 1.26. The third-order valence-corrected chi connectivity index (χ3v) is 3.87. The summed E-state index contributed by atoms with van der Waals surface area (Å²) in [6.45, 7) is 6.40. The Morgan fingerprint density at radius 3 is 2.53 bits per heavy atom. The summed E-state index contributed by atoms with van der Waals surface area (Å²) in [7, 11) is 0. The van der Waals surface area contributed by atoms with Crippen molar-refractivity contribution >= 4 is 16.9 Å². The van der Waals surface area contributed by atoms with E-state index in [1.807, 2.05) is 0 Å². The first-order valence-corrected chi connectivity index (χ1v) is 7.01. The molecule has 0 nitrogen and oxygen atoms in total. The van der Waals surface area contributed by atoms with Gasteiger partial charge in [-0.05, 0) is 41.0 Å². The lowest BCUT2D eigenvalue weighted by atomic mass is 10.0. The molecule has 0 saturated carbocycles. The van der Waals surface area contributed by atoms with Crippen LogP contribution >= 0.6 is 11.3 Å². The minimum Gasteiger partial charge on any atom is -0.144 e. The highest BCUT2D eigenvalue weighted by Gasteiger charge is 2.03. The lowest BCUT2D eigenvalue weighted by molar-refractivity contribution is 0.795. The predicted octanol–water partition coefficient (Wildman–Crippen LogP) is 5.15. The number of unbranched alkanes of at least 4 members (excludes halogenated alkanes) is 1. The molecule has 88 valence electrons. The Morgan fingerprint density at radius 2 is 1.94 bits per heavy atom. The number of rotatable bonds is 5. The fourth-order valence-corrected chi connectivity index (χ4v) is 2.57. The van der Waals surface area contributed by atoms with Gasteiger partial charge in [-0.25, -0.2) is 0 Å². The second kappa shape index (κ2) is 5.83. The maximum atomic E-state index is 4.17. The van der Waals surface area contributed by atoms with E-state index in [9.17, 15) is 0 Å². The van der Waals surface area contributed by atoms with Crippen molar-refractivity contribution in [2.45, 2.75) is 26.2 Å². The summed E-state index contributed by atoms with van der Waals surface area (Å²) in [5.74, 6) is 0. The van der Waals surface area contributed by atoms with Gasteiger partial charge in [-0.1, -0.05) is 50.3 Å². The number of aryl methyl sites for hydroxylation is 1. The molecular weight excluding hydrogens is 224 g/mol. The van der Waals surface area contributed by atoms with Crippen molar-refractivity contribution < 1.29 is 0 Å². The van der Waals surface area contributed by atoms with E-state index in [0.717, 1.165) is 5.57 Å². The van der Waals surface area contributed by atoms with Crippen LogP contribution in [0.15, 0.2) is 48.4 Å². The maximum absolute atomic E-state index is 4.17. The molecule has 0 N–H and O–H groups in total. The van der Waals surface area contributed by atoms with Crippen LogP contribution in [0.2, 0.25) is 0 Å². The largest absolute Gasteiger partial charge is 0.144 e. The molecule has 0 spiro atoms. The number of thiophene rings is 1. The van der Waals surface area contributed by atoms with Gasteiger partial charge in [-0.3, -0.25) is 0 Å². The Morgan fingerprint density at radius 1 is 1.18 bits per heavy atom. The molecule has 0 amide bonds. The highest BCUT2D eigenvalue weighted by Crippen LogP contribution is 2.25. The first kappa shape index (κ1) is 12.1. The first-order valence-electron chi connectivity index (χ1n) is 6.13. The van der Waals surface area contributed by atoms with Gasteiger partial charge in [0.2, 0.25) is 0 Å². The highest BCUT2D eigenvalue weighted by molar-refractivity contribution is 7.11. The average molecular weight is 242 g/mol. The van der Waals surface area contributed by atoms with Gasteiger partial charge >= 0.3 is 0 Å². The lowest BCUT2D eigenvalue weighted by Crippen LogP contribution is -1.87. The number of hydrogen-bond acceptors (Lipinski definition) is 1. The van der Waals surface area contributed by atoms with E-state index < -0.39 is 0 Å². The molecule has 1 aromatic carbocycles. The van der Waals surface area contributed by atoms with Gasteiger partial charge in [0, 0.05) is 4.88 Å². The van der Waals surface area contributed by atoms with Crippen LogP contribution < -0.4 is 0 Å². The van der Waals surface area contributed by atoms with Crippen LogP contribution in [0.5, 0.6) is 0 Å².